The van der Waals surface area contributed by atoms with Gasteiger partial charge in [0.05, 0.1) is 22.2 Å². The molecule has 0 spiro atoms. The van der Waals surface area contributed by atoms with Crippen LogP contribution < -0.4 is 10.6 Å². The van der Waals surface area contributed by atoms with E-state index in [0.29, 0.717) is 10.6 Å². The van der Waals surface area contributed by atoms with E-state index in [-0.39, 0.29) is 34.6 Å². The van der Waals surface area contributed by atoms with Crippen LogP contribution in [-0.4, -0.2) is 70.3 Å². The Balaban J connectivity index is 1.22. The Morgan fingerprint density at radius 3 is 2.42 bits per heavy atom. The van der Waals surface area contributed by atoms with Crippen molar-refractivity contribution in [3.05, 3.63) is 82.5 Å². The number of para-hydroxylation sites is 1. The normalized spacial score (nSPS) is 17.6. The van der Waals surface area contributed by atoms with Gasteiger partial charge in [0.15, 0.2) is 0 Å². The van der Waals surface area contributed by atoms with Crippen molar-refractivity contribution in [2.24, 2.45) is 0 Å². The summed E-state index contributed by atoms with van der Waals surface area (Å²) in [5.41, 5.74) is 1.27. The molecule has 1 unspecified atom stereocenters. The molecule has 0 bridgehead atoms. The van der Waals surface area contributed by atoms with Crippen molar-refractivity contribution in [2.45, 2.75) is 31.6 Å². The molecule has 3 amide bonds. The van der Waals surface area contributed by atoms with Crippen LogP contribution in [0.1, 0.15) is 57.9 Å². The van der Waals surface area contributed by atoms with Gasteiger partial charge >= 0.3 is 0 Å². The van der Waals surface area contributed by atoms with Crippen LogP contribution >= 0.6 is 11.6 Å². The number of hydrogen-bond acceptors (Lipinski definition) is 6. The van der Waals surface area contributed by atoms with Crippen molar-refractivity contribution >= 4 is 40.8 Å². The molecule has 2 aliphatic rings. The van der Waals surface area contributed by atoms with Gasteiger partial charge in [0, 0.05) is 31.4 Å². The number of anilines is 2. The number of pyridine rings is 1. The third-order valence-electron chi connectivity index (χ3n) is 7.50. The molecular formula is C30H32ClN5O4. The van der Waals surface area contributed by atoms with Gasteiger partial charge in [-0.15, -0.1) is 0 Å². The van der Waals surface area contributed by atoms with Gasteiger partial charge in [-0.2, -0.15) is 0 Å². The second-order valence-corrected chi connectivity index (χ2v) is 10.6. The van der Waals surface area contributed by atoms with E-state index in [9.17, 15) is 19.5 Å². The molecule has 2 fully saturated rings. The van der Waals surface area contributed by atoms with Crippen molar-refractivity contribution in [3.63, 3.8) is 0 Å². The lowest BCUT2D eigenvalue weighted by atomic mass is 9.96. The number of carbonyl (C=O) groups is 3. The van der Waals surface area contributed by atoms with E-state index in [1.807, 2.05) is 4.90 Å². The summed E-state index contributed by atoms with van der Waals surface area (Å²) in [4.78, 5) is 47.5. The van der Waals surface area contributed by atoms with Crippen LogP contribution in [0.2, 0.25) is 5.02 Å². The maximum absolute atomic E-state index is 13.1. The predicted molar refractivity (Wildman–Crippen MR) is 154 cm³/mol. The van der Waals surface area contributed by atoms with Gasteiger partial charge in [0.2, 0.25) is 5.91 Å². The van der Waals surface area contributed by atoms with E-state index in [1.54, 1.807) is 36.4 Å². The predicted octanol–water partition coefficient (Wildman–Crippen LogP) is 4.75. The Hall–Kier alpha value is -3.95. The zero-order valence-electron chi connectivity index (χ0n) is 22.1. The maximum Gasteiger partial charge on any atom is 0.259 e. The van der Waals surface area contributed by atoms with Gasteiger partial charge in [-0.25, -0.2) is 4.98 Å². The first-order valence-electron chi connectivity index (χ1n) is 13.6. The number of amides is 3. The standard InChI is InChI=1S/C30H32ClN5O4/c31-22-11-12-26(32-19-22)33-29(39)24-5-4-6-25(37)27(24)34-28(38)21-9-7-20(8-10-21)23-13-16-36(30(23)40)18-17-35-14-2-1-3-15-35/h4-12,19,23,37H,1-3,13-18H2,(H,34,38)(H,32,33,39). The minimum Gasteiger partial charge on any atom is -0.506 e. The third-order valence-corrected chi connectivity index (χ3v) is 7.73. The number of phenolic OH excluding ortho intramolecular Hbond substituents is 1. The number of piperidine rings is 1. The second-order valence-electron chi connectivity index (χ2n) is 10.2. The SMILES string of the molecule is O=C(Nc1c(O)cccc1C(=O)Nc1ccc(Cl)cn1)c1ccc(C2CCN(CCN3CCCCC3)C2=O)cc1. The average Bonchev–Trinajstić information content (AvgIpc) is 3.34. The molecule has 3 heterocycles. The molecule has 10 heteroatoms. The van der Waals surface area contributed by atoms with E-state index in [0.717, 1.165) is 44.7 Å². The Morgan fingerprint density at radius 2 is 1.70 bits per heavy atom. The number of halogens is 1. The van der Waals surface area contributed by atoms with E-state index >= 15 is 0 Å². The average molecular weight is 562 g/mol. The van der Waals surface area contributed by atoms with Gasteiger partial charge < -0.3 is 25.5 Å². The number of nitrogens with one attached hydrogen (secondary N) is 2. The fraction of sp³-hybridized carbons (Fsp3) is 0.333. The molecule has 2 saturated heterocycles. The topological polar surface area (TPSA) is 115 Å². The number of phenols is 1. The Labute approximate surface area is 238 Å². The minimum absolute atomic E-state index is 0.0154. The summed E-state index contributed by atoms with van der Waals surface area (Å²) in [6.07, 6.45) is 5.91. The highest BCUT2D eigenvalue weighted by Gasteiger charge is 2.33. The highest BCUT2D eigenvalue weighted by atomic mass is 35.5. The fourth-order valence-electron chi connectivity index (χ4n) is 5.26. The quantitative estimate of drug-likeness (QED) is 0.342. The van der Waals surface area contributed by atoms with Crippen LogP contribution in [0.4, 0.5) is 11.5 Å². The number of rotatable bonds is 8. The summed E-state index contributed by atoms with van der Waals surface area (Å²) in [5, 5.41) is 16.1. The second kappa shape index (κ2) is 12.5. The molecule has 1 aromatic heterocycles. The molecule has 0 radical (unpaired) electrons. The summed E-state index contributed by atoms with van der Waals surface area (Å²) < 4.78 is 0. The number of aromatic nitrogens is 1. The summed E-state index contributed by atoms with van der Waals surface area (Å²) in [6, 6.07) is 14.4. The molecule has 40 heavy (non-hydrogen) atoms. The summed E-state index contributed by atoms with van der Waals surface area (Å²) >= 11 is 5.85. The fourth-order valence-corrected chi connectivity index (χ4v) is 5.37. The van der Waals surface area contributed by atoms with Gasteiger partial charge in [-0.05, 0) is 74.3 Å². The van der Waals surface area contributed by atoms with E-state index < -0.39 is 11.8 Å². The molecule has 9 nitrogen and oxygen atoms in total. The van der Waals surface area contributed by atoms with E-state index in [2.05, 4.69) is 20.5 Å². The monoisotopic (exact) mass is 561 g/mol. The number of benzene rings is 2. The van der Waals surface area contributed by atoms with Crippen molar-refractivity contribution in [1.82, 2.24) is 14.8 Å². The Morgan fingerprint density at radius 1 is 0.925 bits per heavy atom. The summed E-state index contributed by atoms with van der Waals surface area (Å²) in [6.45, 7) is 4.63. The number of aromatic hydroxyl groups is 1. The maximum atomic E-state index is 13.1. The van der Waals surface area contributed by atoms with Crippen molar-refractivity contribution in [3.8, 4) is 5.75 Å². The lowest BCUT2D eigenvalue weighted by Gasteiger charge is -2.28. The van der Waals surface area contributed by atoms with Gasteiger partial charge in [-0.3, -0.25) is 14.4 Å². The number of carbonyl (C=O) groups excluding carboxylic acids is 3. The molecule has 5 rings (SSSR count). The first-order chi connectivity index (χ1) is 19.4. The van der Waals surface area contributed by atoms with Crippen LogP contribution in [0.25, 0.3) is 0 Å². The molecule has 3 N–H and O–H groups in total. The van der Waals surface area contributed by atoms with Crippen LogP contribution in [0.15, 0.2) is 60.8 Å². The van der Waals surface area contributed by atoms with Gasteiger partial charge in [-0.1, -0.05) is 36.2 Å². The first kappa shape index (κ1) is 27.6. The third kappa shape index (κ3) is 6.43. The zero-order chi connectivity index (χ0) is 28.1. The number of hydrogen-bond donors (Lipinski definition) is 3. The van der Waals surface area contributed by atoms with Crippen LogP contribution in [-0.2, 0) is 4.79 Å². The molecular weight excluding hydrogens is 530 g/mol. The van der Waals surface area contributed by atoms with Gasteiger partial charge in [0.25, 0.3) is 11.8 Å². The highest BCUT2D eigenvalue weighted by molar-refractivity contribution is 6.30. The largest absolute Gasteiger partial charge is 0.506 e. The number of nitrogens with zero attached hydrogens (tertiary/aromatic N) is 3. The lowest BCUT2D eigenvalue weighted by Crippen LogP contribution is -2.38. The Bertz CT molecular complexity index is 1370. The molecule has 3 aromatic rings. The van der Waals surface area contributed by atoms with Crippen LogP contribution in [0, 0.1) is 0 Å². The zero-order valence-corrected chi connectivity index (χ0v) is 22.9. The highest BCUT2D eigenvalue weighted by Crippen LogP contribution is 2.31. The van der Waals surface area contributed by atoms with Gasteiger partial charge in [0.1, 0.15) is 11.6 Å². The minimum atomic E-state index is -0.555. The lowest BCUT2D eigenvalue weighted by molar-refractivity contribution is -0.129. The summed E-state index contributed by atoms with van der Waals surface area (Å²) in [5.74, 6) is -1.10. The molecule has 0 saturated carbocycles. The number of likely N-dealkylation sites (tertiary alicyclic amines) is 2. The molecule has 2 aromatic carbocycles. The molecule has 2 aliphatic heterocycles. The van der Waals surface area contributed by atoms with Crippen molar-refractivity contribution in [2.75, 3.05) is 43.4 Å². The molecule has 1 atom stereocenters. The van der Waals surface area contributed by atoms with E-state index in [1.165, 1.54) is 43.7 Å². The molecule has 0 aliphatic carbocycles. The van der Waals surface area contributed by atoms with Crippen LogP contribution in [0.5, 0.6) is 5.75 Å². The van der Waals surface area contributed by atoms with E-state index in [4.69, 9.17) is 11.6 Å². The van der Waals surface area contributed by atoms with Crippen molar-refractivity contribution < 1.29 is 19.5 Å². The van der Waals surface area contributed by atoms with Crippen molar-refractivity contribution in [1.29, 1.82) is 0 Å². The smallest absolute Gasteiger partial charge is 0.259 e. The summed E-state index contributed by atoms with van der Waals surface area (Å²) in [7, 11) is 0. The van der Waals surface area contributed by atoms with Crippen LogP contribution in [0.3, 0.4) is 0 Å². The first-order valence-corrected chi connectivity index (χ1v) is 13.9. The molecule has 208 valence electrons. The Kier molecular flexibility index (Phi) is 8.62.